The van der Waals surface area contributed by atoms with Crippen molar-refractivity contribution < 1.29 is 0 Å². The summed E-state index contributed by atoms with van der Waals surface area (Å²) < 4.78 is 2.03. The van der Waals surface area contributed by atoms with Crippen molar-refractivity contribution in [2.24, 2.45) is 0 Å². The first kappa shape index (κ1) is 8.11. The van der Waals surface area contributed by atoms with E-state index in [-0.39, 0.29) is 0 Å². The van der Waals surface area contributed by atoms with Gasteiger partial charge in [0.15, 0.2) is 0 Å². The van der Waals surface area contributed by atoms with Gasteiger partial charge >= 0.3 is 0 Å². The van der Waals surface area contributed by atoms with Crippen molar-refractivity contribution in [2.45, 2.75) is 38.6 Å². The van der Waals surface area contributed by atoms with E-state index in [1.54, 1.807) is 0 Å². The van der Waals surface area contributed by atoms with Gasteiger partial charge in [-0.15, -0.1) is 0 Å². The van der Waals surface area contributed by atoms with Gasteiger partial charge in [-0.3, -0.25) is 4.68 Å². The number of aromatic nitrogens is 2. The Labute approximate surface area is 77.5 Å². The van der Waals surface area contributed by atoms with E-state index in [0.29, 0.717) is 6.04 Å². The van der Waals surface area contributed by atoms with Crippen molar-refractivity contribution in [3.05, 3.63) is 16.9 Å². The number of hydrogen-bond acceptors (Lipinski definition) is 1. The SMILES string of the molecule is Cc1nn(C2CCCC2)cc1Cl. The summed E-state index contributed by atoms with van der Waals surface area (Å²) in [6, 6.07) is 0.608. The van der Waals surface area contributed by atoms with Crippen LogP contribution in [0.5, 0.6) is 0 Å². The van der Waals surface area contributed by atoms with Gasteiger partial charge in [-0.25, -0.2) is 0 Å². The molecule has 0 unspecified atom stereocenters. The summed E-state index contributed by atoms with van der Waals surface area (Å²) in [7, 11) is 0. The second kappa shape index (κ2) is 3.09. The fourth-order valence-corrected chi connectivity index (χ4v) is 1.95. The fraction of sp³-hybridized carbons (Fsp3) is 0.667. The highest BCUT2D eigenvalue weighted by Gasteiger charge is 2.18. The number of hydrogen-bond donors (Lipinski definition) is 0. The van der Waals surface area contributed by atoms with Gasteiger partial charge < -0.3 is 0 Å². The molecule has 1 heterocycles. The Morgan fingerprint density at radius 3 is 2.67 bits per heavy atom. The number of rotatable bonds is 1. The Balaban J connectivity index is 2.21. The van der Waals surface area contributed by atoms with Gasteiger partial charge in [0.05, 0.1) is 16.8 Å². The Hall–Kier alpha value is -0.500. The monoisotopic (exact) mass is 184 g/mol. The molecule has 0 N–H and O–H groups in total. The van der Waals surface area contributed by atoms with Gasteiger partial charge in [-0.2, -0.15) is 5.10 Å². The summed E-state index contributed by atoms with van der Waals surface area (Å²) in [6.45, 7) is 1.95. The van der Waals surface area contributed by atoms with Gasteiger partial charge in [-0.05, 0) is 19.8 Å². The van der Waals surface area contributed by atoms with Crippen LogP contribution in [0.2, 0.25) is 5.02 Å². The average molecular weight is 185 g/mol. The van der Waals surface area contributed by atoms with E-state index in [4.69, 9.17) is 11.6 Å². The summed E-state index contributed by atoms with van der Waals surface area (Å²) >= 11 is 5.92. The molecule has 0 bridgehead atoms. The molecule has 2 rings (SSSR count). The maximum absolute atomic E-state index is 5.92. The molecular weight excluding hydrogens is 172 g/mol. The van der Waals surface area contributed by atoms with E-state index >= 15 is 0 Å². The topological polar surface area (TPSA) is 17.8 Å². The predicted molar refractivity (Wildman–Crippen MR) is 49.5 cm³/mol. The molecule has 0 aromatic carbocycles. The Kier molecular flexibility index (Phi) is 2.09. The van der Waals surface area contributed by atoms with Crippen LogP contribution in [0, 0.1) is 6.92 Å². The highest BCUT2D eigenvalue weighted by atomic mass is 35.5. The summed E-state index contributed by atoms with van der Waals surface area (Å²) in [4.78, 5) is 0. The standard InChI is InChI=1S/C9H13ClN2/c1-7-9(10)6-12(11-7)8-4-2-3-5-8/h6,8H,2-5H2,1H3. The second-order valence-corrected chi connectivity index (χ2v) is 3.89. The van der Waals surface area contributed by atoms with Crippen molar-refractivity contribution >= 4 is 11.6 Å². The molecule has 0 atom stereocenters. The maximum atomic E-state index is 5.92. The quantitative estimate of drug-likeness (QED) is 0.656. The molecule has 1 aromatic heterocycles. The van der Waals surface area contributed by atoms with Crippen molar-refractivity contribution in [1.29, 1.82) is 0 Å². The van der Waals surface area contributed by atoms with Crippen LogP contribution in [0.1, 0.15) is 37.4 Å². The van der Waals surface area contributed by atoms with Gasteiger partial charge in [0, 0.05) is 6.20 Å². The van der Waals surface area contributed by atoms with Crippen LogP contribution in [-0.2, 0) is 0 Å². The van der Waals surface area contributed by atoms with Gasteiger partial charge in [0.1, 0.15) is 0 Å². The normalized spacial score (nSPS) is 18.8. The molecule has 2 nitrogen and oxygen atoms in total. The average Bonchev–Trinajstić information content (AvgIpc) is 2.61. The summed E-state index contributed by atoms with van der Waals surface area (Å²) in [5.41, 5.74) is 0.948. The van der Waals surface area contributed by atoms with Gasteiger partial charge in [-0.1, -0.05) is 24.4 Å². The van der Waals surface area contributed by atoms with Crippen LogP contribution in [-0.4, -0.2) is 9.78 Å². The zero-order chi connectivity index (χ0) is 8.55. The fourth-order valence-electron chi connectivity index (χ4n) is 1.82. The van der Waals surface area contributed by atoms with Crippen molar-refractivity contribution in [1.82, 2.24) is 9.78 Å². The molecular formula is C9H13ClN2. The Morgan fingerprint density at radius 1 is 1.50 bits per heavy atom. The molecule has 1 fully saturated rings. The minimum absolute atomic E-state index is 0.608. The van der Waals surface area contributed by atoms with Crippen LogP contribution in [0.25, 0.3) is 0 Å². The van der Waals surface area contributed by atoms with Crippen LogP contribution in [0.15, 0.2) is 6.20 Å². The zero-order valence-electron chi connectivity index (χ0n) is 7.26. The lowest BCUT2D eigenvalue weighted by Gasteiger charge is -2.08. The summed E-state index contributed by atoms with van der Waals surface area (Å²) in [5.74, 6) is 0. The highest BCUT2D eigenvalue weighted by Crippen LogP contribution is 2.30. The Morgan fingerprint density at radius 2 is 2.17 bits per heavy atom. The van der Waals surface area contributed by atoms with Gasteiger partial charge in [0.2, 0.25) is 0 Å². The van der Waals surface area contributed by atoms with Crippen molar-refractivity contribution in [3.8, 4) is 0 Å². The Bertz CT molecular complexity index is 255. The first-order valence-corrected chi connectivity index (χ1v) is 4.86. The van der Waals surface area contributed by atoms with Crippen LogP contribution in [0.3, 0.4) is 0 Å². The zero-order valence-corrected chi connectivity index (χ0v) is 8.01. The van der Waals surface area contributed by atoms with E-state index < -0.39 is 0 Å². The van der Waals surface area contributed by atoms with Crippen LogP contribution < -0.4 is 0 Å². The largest absolute Gasteiger partial charge is 0.268 e. The van der Waals surface area contributed by atoms with E-state index in [9.17, 15) is 0 Å². The third kappa shape index (κ3) is 1.36. The molecule has 1 aliphatic rings. The second-order valence-electron chi connectivity index (χ2n) is 3.48. The molecule has 12 heavy (non-hydrogen) atoms. The third-order valence-electron chi connectivity index (χ3n) is 2.56. The lowest BCUT2D eigenvalue weighted by atomic mass is 10.3. The first-order valence-electron chi connectivity index (χ1n) is 4.48. The minimum atomic E-state index is 0.608. The van der Waals surface area contributed by atoms with E-state index in [1.807, 2.05) is 17.8 Å². The first-order chi connectivity index (χ1) is 5.77. The van der Waals surface area contributed by atoms with E-state index in [0.717, 1.165) is 10.7 Å². The smallest absolute Gasteiger partial charge is 0.0815 e. The van der Waals surface area contributed by atoms with Crippen LogP contribution in [0.4, 0.5) is 0 Å². The van der Waals surface area contributed by atoms with E-state index in [2.05, 4.69) is 5.10 Å². The van der Waals surface area contributed by atoms with E-state index in [1.165, 1.54) is 25.7 Å². The number of nitrogens with zero attached hydrogens (tertiary/aromatic N) is 2. The predicted octanol–water partition coefficient (Wildman–Crippen LogP) is 2.96. The third-order valence-corrected chi connectivity index (χ3v) is 2.93. The maximum Gasteiger partial charge on any atom is 0.0815 e. The highest BCUT2D eigenvalue weighted by molar-refractivity contribution is 6.31. The number of halogens is 1. The lowest BCUT2D eigenvalue weighted by molar-refractivity contribution is 0.464. The molecule has 0 amide bonds. The summed E-state index contributed by atoms with van der Waals surface area (Å²) in [6.07, 6.45) is 7.14. The van der Waals surface area contributed by atoms with Crippen molar-refractivity contribution in [2.75, 3.05) is 0 Å². The minimum Gasteiger partial charge on any atom is -0.268 e. The lowest BCUT2D eigenvalue weighted by Crippen LogP contribution is -2.04. The molecule has 0 spiro atoms. The summed E-state index contributed by atoms with van der Waals surface area (Å²) in [5, 5.41) is 5.17. The molecule has 3 heteroatoms. The van der Waals surface area contributed by atoms with Crippen molar-refractivity contribution in [3.63, 3.8) is 0 Å². The molecule has 0 aliphatic heterocycles. The number of aryl methyl sites for hydroxylation is 1. The molecule has 0 radical (unpaired) electrons. The molecule has 1 aliphatic carbocycles. The molecule has 1 aromatic rings. The van der Waals surface area contributed by atoms with Crippen LogP contribution >= 0.6 is 11.6 Å². The molecule has 1 saturated carbocycles. The molecule has 66 valence electrons. The molecule has 0 saturated heterocycles. The van der Waals surface area contributed by atoms with Gasteiger partial charge in [0.25, 0.3) is 0 Å².